The molecule has 0 spiro atoms. The van der Waals surface area contributed by atoms with Crippen LogP contribution in [0, 0.1) is 5.92 Å². The maximum Gasteiger partial charge on any atom is 0.254 e. The molecule has 0 aliphatic carbocycles. The first-order valence-corrected chi connectivity index (χ1v) is 17.5. The van der Waals surface area contributed by atoms with Gasteiger partial charge in [-0.15, -0.1) is 0 Å². The summed E-state index contributed by atoms with van der Waals surface area (Å²) < 4.78 is 7.87. The Morgan fingerprint density at radius 1 is 1.07 bits per heavy atom. The molecule has 1 saturated heterocycles. The lowest BCUT2D eigenvalue weighted by molar-refractivity contribution is -0.127. The maximum atomic E-state index is 12.7. The second-order valence-corrected chi connectivity index (χ2v) is 15.6. The minimum absolute atomic E-state index is 0.0314. The van der Waals surface area contributed by atoms with Crippen LogP contribution in [0.5, 0.6) is 11.5 Å². The molecule has 3 aromatic rings. The minimum Gasteiger partial charge on any atom is -0.457 e. The van der Waals surface area contributed by atoms with Crippen LogP contribution in [-0.4, -0.2) is 59.2 Å². The van der Waals surface area contributed by atoms with Gasteiger partial charge in [0.25, 0.3) is 5.91 Å². The van der Waals surface area contributed by atoms with E-state index in [4.69, 9.17) is 15.6 Å². The number of benzene rings is 2. The fourth-order valence-electron chi connectivity index (χ4n) is 5.71. The molecule has 1 fully saturated rings. The van der Waals surface area contributed by atoms with Crippen LogP contribution in [0.1, 0.15) is 42.1 Å². The van der Waals surface area contributed by atoms with Gasteiger partial charge in [0.05, 0.1) is 6.04 Å². The summed E-state index contributed by atoms with van der Waals surface area (Å²) in [5.74, 6) is 1.96. The van der Waals surface area contributed by atoms with Crippen molar-refractivity contribution >= 4 is 25.9 Å². The number of likely N-dealkylation sites (tertiary alicyclic amines) is 1. The van der Waals surface area contributed by atoms with E-state index in [0.29, 0.717) is 41.8 Å². The summed E-state index contributed by atoms with van der Waals surface area (Å²) in [6.45, 7) is 5.92. The van der Waals surface area contributed by atoms with E-state index in [1.807, 2.05) is 83.3 Å². The Kier molecular flexibility index (Phi) is 8.60. The molecule has 2 aliphatic rings. The molecule has 0 radical (unpaired) electrons. The molecule has 0 bridgehead atoms. The SMILES string of the molecule is C[Si](C)(O)CC/C=C/C(=O)N1CCC(C2CCNc3c(C(N)=O)c(-c4ccc(Oc5ccccc5)cc4)nn32)CC1. The van der Waals surface area contributed by atoms with Crippen LogP contribution in [0.3, 0.4) is 0 Å². The van der Waals surface area contributed by atoms with Crippen molar-refractivity contribution in [1.82, 2.24) is 14.7 Å². The van der Waals surface area contributed by atoms with Gasteiger partial charge in [0.2, 0.25) is 5.91 Å². The summed E-state index contributed by atoms with van der Waals surface area (Å²) in [5, 5.41) is 8.31. The van der Waals surface area contributed by atoms with Crippen molar-refractivity contribution in [3.05, 3.63) is 72.3 Å². The number of nitrogens with zero attached hydrogens (tertiary/aromatic N) is 3. The number of para-hydroxylation sites is 1. The monoisotopic (exact) mass is 573 g/mol. The van der Waals surface area contributed by atoms with E-state index in [9.17, 15) is 14.4 Å². The zero-order valence-corrected chi connectivity index (χ0v) is 24.8. The molecule has 0 saturated carbocycles. The summed E-state index contributed by atoms with van der Waals surface area (Å²) in [5.41, 5.74) is 7.64. The first-order chi connectivity index (χ1) is 19.7. The number of hydrogen-bond donors (Lipinski definition) is 3. The quantitative estimate of drug-likeness (QED) is 0.239. The molecule has 216 valence electrons. The van der Waals surface area contributed by atoms with E-state index >= 15 is 0 Å². The van der Waals surface area contributed by atoms with E-state index in [2.05, 4.69) is 5.32 Å². The van der Waals surface area contributed by atoms with Gasteiger partial charge in [-0.3, -0.25) is 9.59 Å². The average molecular weight is 574 g/mol. The minimum atomic E-state index is -2.10. The third kappa shape index (κ3) is 6.88. The highest BCUT2D eigenvalue weighted by Crippen LogP contribution is 2.40. The predicted molar refractivity (Wildman–Crippen MR) is 162 cm³/mol. The maximum absolute atomic E-state index is 12.7. The molecular weight excluding hydrogens is 534 g/mol. The highest BCUT2D eigenvalue weighted by atomic mass is 28.4. The van der Waals surface area contributed by atoms with Crippen LogP contribution in [0.15, 0.2) is 66.7 Å². The fraction of sp³-hybridized carbons (Fsp3) is 0.387. The standard InChI is InChI=1S/C31H39N5O4Si/c1-41(2,39)21-7-6-10-27(37)35-19-16-22(17-20-35)26-15-18-33-31-28(30(32)38)29(34-36(26)31)23-11-13-25(14-12-23)40-24-8-4-3-5-9-24/h3-6,8-14,22,26,33,39H,7,15-21H2,1-2H3,(H2,32,38)/b10-6+. The fourth-order valence-corrected chi connectivity index (χ4v) is 6.58. The zero-order chi connectivity index (χ0) is 29.0. The molecular formula is C31H39N5O4Si. The Labute approximate surface area is 242 Å². The van der Waals surface area contributed by atoms with Crippen molar-refractivity contribution in [1.29, 1.82) is 0 Å². The molecule has 41 heavy (non-hydrogen) atoms. The van der Waals surface area contributed by atoms with Gasteiger partial charge in [-0.05, 0) is 93.2 Å². The second-order valence-electron chi connectivity index (χ2n) is 11.5. The van der Waals surface area contributed by atoms with Gasteiger partial charge in [-0.25, -0.2) is 4.68 Å². The number of ether oxygens (including phenoxy) is 1. The Bertz CT molecular complexity index is 1390. The lowest BCUT2D eigenvalue weighted by Crippen LogP contribution is -2.41. The van der Waals surface area contributed by atoms with Crippen molar-refractivity contribution in [2.75, 3.05) is 25.0 Å². The van der Waals surface area contributed by atoms with Crippen molar-refractivity contribution in [3.63, 3.8) is 0 Å². The topological polar surface area (TPSA) is 123 Å². The number of piperidine rings is 1. The van der Waals surface area contributed by atoms with Gasteiger partial charge >= 0.3 is 0 Å². The van der Waals surface area contributed by atoms with Gasteiger partial charge in [0.15, 0.2) is 8.32 Å². The van der Waals surface area contributed by atoms with Gasteiger partial charge in [-0.1, -0.05) is 24.3 Å². The number of carbonyl (C=O) groups excluding carboxylic acids is 2. The molecule has 2 aliphatic heterocycles. The molecule has 1 atom stereocenters. The number of amides is 2. The summed E-state index contributed by atoms with van der Waals surface area (Å²) >= 11 is 0. The number of fused-ring (bicyclic) bond motifs is 1. The summed E-state index contributed by atoms with van der Waals surface area (Å²) in [4.78, 5) is 37.3. The molecule has 4 N–H and O–H groups in total. The zero-order valence-electron chi connectivity index (χ0n) is 23.8. The number of carbonyl (C=O) groups is 2. The lowest BCUT2D eigenvalue weighted by Gasteiger charge is -2.38. The average Bonchev–Trinajstić information content (AvgIpc) is 3.36. The molecule has 5 rings (SSSR count). The molecule has 1 unspecified atom stereocenters. The Morgan fingerprint density at radius 3 is 2.41 bits per heavy atom. The van der Waals surface area contributed by atoms with Gasteiger partial charge < -0.3 is 25.5 Å². The number of hydrogen-bond acceptors (Lipinski definition) is 6. The largest absolute Gasteiger partial charge is 0.457 e. The third-order valence-corrected chi connectivity index (χ3v) is 9.40. The molecule has 3 heterocycles. The van der Waals surface area contributed by atoms with E-state index in [0.717, 1.165) is 49.6 Å². The number of allylic oxidation sites excluding steroid dienone is 1. The van der Waals surface area contributed by atoms with Crippen molar-refractivity contribution in [3.8, 4) is 22.8 Å². The highest BCUT2D eigenvalue weighted by molar-refractivity contribution is 6.69. The first-order valence-electron chi connectivity index (χ1n) is 14.4. The third-order valence-electron chi connectivity index (χ3n) is 7.89. The van der Waals surface area contributed by atoms with Crippen LogP contribution in [-0.2, 0) is 4.79 Å². The lowest BCUT2D eigenvalue weighted by atomic mass is 9.87. The van der Waals surface area contributed by atoms with Gasteiger partial charge in [0, 0.05) is 25.2 Å². The summed E-state index contributed by atoms with van der Waals surface area (Å²) in [6.07, 6.45) is 6.88. The van der Waals surface area contributed by atoms with E-state index in [1.165, 1.54) is 0 Å². The number of primary amides is 1. The molecule has 10 heteroatoms. The molecule has 1 aromatic heterocycles. The number of rotatable bonds is 9. The molecule has 2 amide bonds. The van der Waals surface area contributed by atoms with Gasteiger partial charge in [0.1, 0.15) is 28.6 Å². The Balaban J connectivity index is 1.29. The molecule has 9 nitrogen and oxygen atoms in total. The van der Waals surface area contributed by atoms with E-state index < -0.39 is 14.2 Å². The number of nitrogens with one attached hydrogen (secondary N) is 1. The smallest absolute Gasteiger partial charge is 0.254 e. The highest BCUT2D eigenvalue weighted by Gasteiger charge is 2.35. The summed E-state index contributed by atoms with van der Waals surface area (Å²) in [7, 11) is -2.10. The van der Waals surface area contributed by atoms with Crippen molar-refractivity contribution in [2.45, 2.75) is 50.9 Å². The Morgan fingerprint density at radius 2 is 1.76 bits per heavy atom. The number of anilines is 1. The molecule has 2 aromatic carbocycles. The van der Waals surface area contributed by atoms with Gasteiger partial charge in [-0.2, -0.15) is 5.10 Å². The van der Waals surface area contributed by atoms with Crippen LogP contribution in [0.2, 0.25) is 19.1 Å². The predicted octanol–water partition coefficient (Wildman–Crippen LogP) is 5.18. The van der Waals surface area contributed by atoms with Crippen LogP contribution >= 0.6 is 0 Å². The number of nitrogens with two attached hydrogens (primary N) is 1. The second kappa shape index (κ2) is 12.3. The normalized spacial score (nSPS) is 17.7. The summed E-state index contributed by atoms with van der Waals surface area (Å²) in [6, 6.07) is 18.0. The Hall–Kier alpha value is -3.89. The van der Waals surface area contributed by atoms with E-state index in [-0.39, 0.29) is 11.9 Å². The number of aromatic nitrogens is 2. The van der Waals surface area contributed by atoms with Crippen molar-refractivity contribution in [2.24, 2.45) is 11.7 Å². The van der Waals surface area contributed by atoms with Crippen LogP contribution < -0.4 is 15.8 Å². The van der Waals surface area contributed by atoms with Crippen LogP contribution in [0.25, 0.3) is 11.3 Å². The van der Waals surface area contributed by atoms with E-state index in [1.54, 1.807) is 6.08 Å². The van der Waals surface area contributed by atoms with Crippen molar-refractivity contribution < 1.29 is 19.1 Å². The first kappa shape index (κ1) is 28.6. The van der Waals surface area contributed by atoms with Crippen LogP contribution in [0.4, 0.5) is 5.82 Å².